The highest BCUT2D eigenvalue weighted by Crippen LogP contribution is 2.27. The fraction of sp³-hybridized carbons (Fsp3) is 0.267. The van der Waals surface area contributed by atoms with Crippen LogP contribution in [0.2, 0.25) is 0 Å². The molecule has 0 spiro atoms. The van der Waals surface area contributed by atoms with Crippen LogP contribution in [-0.2, 0) is 10.0 Å². The number of rotatable bonds is 4. The van der Waals surface area contributed by atoms with E-state index in [0.29, 0.717) is 5.56 Å². The molecule has 1 fully saturated rings. The number of carbonyl (C=O) groups excluding carboxylic acids is 1. The van der Waals surface area contributed by atoms with E-state index in [9.17, 15) is 23.3 Å². The maximum absolute atomic E-state index is 12.7. The zero-order valence-electron chi connectivity index (χ0n) is 13.1. The second-order valence-corrected chi connectivity index (χ2v) is 7.34. The van der Waals surface area contributed by atoms with Crippen LogP contribution in [0.5, 0.6) is 0 Å². The minimum Gasteiger partial charge on any atom is -0.472 e. The van der Waals surface area contributed by atoms with Crippen LogP contribution < -0.4 is 0 Å². The van der Waals surface area contributed by atoms with Crippen molar-refractivity contribution in [2.24, 2.45) is 0 Å². The van der Waals surface area contributed by atoms with E-state index in [2.05, 4.69) is 0 Å². The van der Waals surface area contributed by atoms with Gasteiger partial charge in [0.2, 0.25) is 10.0 Å². The zero-order valence-corrected chi connectivity index (χ0v) is 13.9. The molecule has 3 rings (SSSR count). The number of hydrogen-bond donors (Lipinski definition) is 0. The summed E-state index contributed by atoms with van der Waals surface area (Å²) in [5.74, 6) is -0.239. The molecule has 0 unspecified atom stereocenters. The van der Waals surface area contributed by atoms with Gasteiger partial charge in [-0.15, -0.1) is 0 Å². The molecule has 2 heterocycles. The van der Waals surface area contributed by atoms with E-state index in [-0.39, 0.29) is 37.0 Å². The number of para-hydroxylation sites is 1. The molecule has 0 atom stereocenters. The molecule has 1 aliphatic rings. The van der Waals surface area contributed by atoms with Gasteiger partial charge in [-0.3, -0.25) is 14.9 Å². The highest BCUT2D eigenvalue weighted by atomic mass is 32.2. The first kappa shape index (κ1) is 17.1. The first-order valence-electron chi connectivity index (χ1n) is 7.46. The molecular weight excluding hydrogens is 350 g/mol. The second-order valence-electron chi connectivity index (χ2n) is 5.43. The second kappa shape index (κ2) is 6.65. The lowest BCUT2D eigenvalue weighted by atomic mass is 10.2. The monoisotopic (exact) mass is 365 g/mol. The third-order valence-corrected chi connectivity index (χ3v) is 5.92. The number of hydrogen-bond acceptors (Lipinski definition) is 6. The Morgan fingerprint density at radius 1 is 1.12 bits per heavy atom. The van der Waals surface area contributed by atoms with Crippen molar-refractivity contribution in [3.05, 3.63) is 58.5 Å². The van der Waals surface area contributed by atoms with Gasteiger partial charge in [0.25, 0.3) is 11.6 Å². The quantitative estimate of drug-likeness (QED) is 0.596. The fourth-order valence-electron chi connectivity index (χ4n) is 2.67. The third-order valence-electron chi connectivity index (χ3n) is 3.97. The van der Waals surface area contributed by atoms with E-state index in [1.165, 1.54) is 35.6 Å². The average Bonchev–Trinajstić information content (AvgIpc) is 3.16. The topological polar surface area (TPSA) is 114 Å². The summed E-state index contributed by atoms with van der Waals surface area (Å²) in [4.78, 5) is 23.8. The lowest BCUT2D eigenvalue weighted by Crippen LogP contribution is -2.50. The molecule has 1 aromatic heterocycles. The predicted molar refractivity (Wildman–Crippen MR) is 86.5 cm³/mol. The molecule has 132 valence electrons. The maximum Gasteiger partial charge on any atom is 0.289 e. The van der Waals surface area contributed by atoms with Crippen LogP contribution in [0.15, 0.2) is 52.2 Å². The van der Waals surface area contributed by atoms with E-state index >= 15 is 0 Å². The Labute approximate surface area is 143 Å². The van der Waals surface area contributed by atoms with Crippen molar-refractivity contribution in [3.8, 4) is 0 Å². The number of carbonyl (C=O) groups is 1. The van der Waals surface area contributed by atoms with E-state index < -0.39 is 20.6 Å². The van der Waals surface area contributed by atoms with Crippen molar-refractivity contribution in [2.45, 2.75) is 4.90 Å². The van der Waals surface area contributed by atoms with Crippen LogP contribution in [-0.4, -0.2) is 54.6 Å². The molecule has 0 saturated carbocycles. The van der Waals surface area contributed by atoms with Crippen molar-refractivity contribution in [1.82, 2.24) is 9.21 Å². The summed E-state index contributed by atoms with van der Waals surface area (Å²) in [5.41, 5.74) is -0.0607. The molecule has 0 bridgehead atoms. The molecule has 2 aromatic rings. The number of nitrogens with zero attached hydrogens (tertiary/aromatic N) is 3. The van der Waals surface area contributed by atoms with Crippen LogP contribution >= 0.6 is 0 Å². The minimum absolute atomic E-state index is 0.0674. The maximum atomic E-state index is 12.7. The van der Waals surface area contributed by atoms with Crippen LogP contribution in [0, 0.1) is 10.1 Å². The van der Waals surface area contributed by atoms with Crippen LogP contribution in [0.3, 0.4) is 0 Å². The summed E-state index contributed by atoms with van der Waals surface area (Å²) in [7, 11) is -4.01. The van der Waals surface area contributed by atoms with Gasteiger partial charge in [0.15, 0.2) is 4.90 Å². The number of nitro groups is 1. The molecule has 25 heavy (non-hydrogen) atoms. The minimum atomic E-state index is -4.01. The Morgan fingerprint density at radius 2 is 1.80 bits per heavy atom. The Hall–Kier alpha value is -2.72. The van der Waals surface area contributed by atoms with Gasteiger partial charge >= 0.3 is 0 Å². The largest absolute Gasteiger partial charge is 0.472 e. The van der Waals surface area contributed by atoms with Gasteiger partial charge in [0.05, 0.1) is 16.7 Å². The molecule has 1 aliphatic heterocycles. The van der Waals surface area contributed by atoms with Gasteiger partial charge in [-0.1, -0.05) is 12.1 Å². The SMILES string of the molecule is O=C(c1ccoc1)N1CCN(S(=O)(=O)c2ccccc2[N+](=O)[O-])CC1. The summed E-state index contributed by atoms with van der Waals surface area (Å²) in [6, 6.07) is 6.78. The Morgan fingerprint density at radius 3 is 2.40 bits per heavy atom. The average molecular weight is 365 g/mol. The smallest absolute Gasteiger partial charge is 0.289 e. The number of sulfonamides is 1. The van der Waals surface area contributed by atoms with Crippen molar-refractivity contribution in [2.75, 3.05) is 26.2 Å². The lowest BCUT2D eigenvalue weighted by Gasteiger charge is -2.33. The molecule has 0 aliphatic carbocycles. The molecular formula is C15H15N3O6S. The van der Waals surface area contributed by atoms with E-state index in [0.717, 1.165) is 10.4 Å². The normalized spacial score (nSPS) is 15.9. The predicted octanol–water partition coefficient (Wildman–Crippen LogP) is 1.33. The molecule has 1 amide bonds. The zero-order chi connectivity index (χ0) is 18.0. The highest BCUT2D eigenvalue weighted by molar-refractivity contribution is 7.89. The van der Waals surface area contributed by atoms with Gasteiger partial charge in [-0.05, 0) is 12.1 Å². The molecule has 0 N–H and O–H groups in total. The van der Waals surface area contributed by atoms with Gasteiger partial charge in [0, 0.05) is 32.2 Å². The van der Waals surface area contributed by atoms with E-state index in [1.54, 1.807) is 6.07 Å². The van der Waals surface area contributed by atoms with Crippen LogP contribution in [0.25, 0.3) is 0 Å². The van der Waals surface area contributed by atoms with Gasteiger partial charge in [-0.2, -0.15) is 4.31 Å². The first-order valence-corrected chi connectivity index (χ1v) is 8.90. The lowest BCUT2D eigenvalue weighted by molar-refractivity contribution is -0.387. The van der Waals surface area contributed by atoms with Crippen LogP contribution in [0.1, 0.15) is 10.4 Å². The van der Waals surface area contributed by atoms with E-state index in [1.807, 2.05) is 0 Å². The number of amides is 1. The van der Waals surface area contributed by atoms with Gasteiger partial charge < -0.3 is 9.32 Å². The number of furan rings is 1. The van der Waals surface area contributed by atoms with Crippen molar-refractivity contribution >= 4 is 21.6 Å². The Bertz CT molecular complexity index is 886. The molecule has 0 radical (unpaired) electrons. The third kappa shape index (κ3) is 3.26. The summed E-state index contributed by atoms with van der Waals surface area (Å²) in [5, 5.41) is 11.1. The number of piperazine rings is 1. The summed E-state index contributed by atoms with van der Waals surface area (Å²) in [6.45, 7) is 0.531. The summed E-state index contributed by atoms with van der Waals surface area (Å²) >= 11 is 0. The van der Waals surface area contributed by atoms with Gasteiger partial charge in [0.1, 0.15) is 6.26 Å². The van der Waals surface area contributed by atoms with Crippen molar-refractivity contribution in [1.29, 1.82) is 0 Å². The standard InChI is InChI=1S/C15H15N3O6S/c19-15(12-5-10-24-11-12)16-6-8-17(9-7-16)25(22,23)14-4-2-1-3-13(14)18(20)21/h1-5,10-11H,6-9H2. The summed E-state index contributed by atoms with van der Waals surface area (Å²) < 4.78 is 31.5. The molecule has 10 heteroatoms. The van der Waals surface area contributed by atoms with Crippen molar-refractivity contribution in [3.63, 3.8) is 0 Å². The van der Waals surface area contributed by atoms with Gasteiger partial charge in [-0.25, -0.2) is 8.42 Å². The van der Waals surface area contributed by atoms with E-state index in [4.69, 9.17) is 4.42 Å². The Balaban J connectivity index is 1.76. The highest BCUT2D eigenvalue weighted by Gasteiger charge is 2.34. The number of nitro benzene ring substituents is 1. The molecule has 1 saturated heterocycles. The van der Waals surface area contributed by atoms with Crippen molar-refractivity contribution < 1.29 is 22.6 Å². The van der Waals surface area contributed by atoms with Crippen LogP contribution in [0.4, 0.5) is 5.69 Å². The fourth-order valence-corrected chi connectivity index (χ4v) is 4.25. The first-order chi connectivity index (χ1) is 11.9. The molecule has 9 nitrogen and oxygen atoms in total. The summed E-state index contributed by atoms with van der Waals surface area (Å²) in [6.07, 6.45) is 2.72. The Kier molecular flexibility index (Phi) is 4.55. The number of benzene rings is 1. The molecule has 1 aromatic carbocycles.